The summed E-state index contributed by atoms with van der Waals surface area (Å²) in [5, 5.41) is 0.697. The second-order valence-electron chi connectivity index (χ2n) is 8.63. The molecule has 0 aromatic heterocycles. The van der Waals surface area contributed by atoms with Crippen LogP contribution in [0.3, 0.4) is 0 Å². The van der Waals surface area contributed by atoms with E-state index in [1.54, 1.807) is 60.7 Å². The molecule has 0 saturated heterocycles. The fourth-order valence-corrected chi connectivity index (χ4v) is 7.96. The summed E-state index contributed by atoms with van der Waals surface area (Å²) in [6.45, 7) is 1.88. The summed E-state index contributed by atoms with van der Waals surface area (Å²) < 4.78 is 42.8. The van der Waals surface area contributed by atoms with Crippen LogP contribution in [0.4, 0.5) is 0 Å². The lowest BCUT2D eigenvalue weighted by molar-refractivity contribution is 0.0592. The highest BCUT2D eigenvalue weighted by atomic mass is 32.2. The average molecular weight is 563 g/mol. The second kappa shape index (κ2) is 12.3. The molecule has 200 valence electrons. The van der Waals surface area contributed by atoms with Crippen LogP contribution in [-0.2, 0) is 23.6 Å². The molecule has 4 rings (SSSR count). The van der Waals surface area contributed by atoms with E-state index in [9.17, 15) is 18.0 Å². The molecule has 0 spiro atoms. The van der Waals surface area contributed by atoms with Crippen LogP contribution in [0.25, 0.3) is 0 Å². The molecule has 0 fully saturated rings. The number of hydrogen-bond acceptors (Lipinski definition) is 7. The Kier molecular flexibility index (Phi) is 8.92. The highest BCUT2D eigenvalue weighted by Crippen LogP contribution is 2.56. The molecule has 4 aromatic carbocycles. The molecule has 1 atom stereocenters. The lowest BCUT2D eigenvalue weighted by Crippen LogP contribution is -2.16. The number of rotatable bonds is 9. The third-order valence-corrected chi connectivity index (χ3v) is 10.2. The molecular weight excluding hydrogens is 535 g/mol. The van der Waals surface area contributed by atoms with Crippen molar-refractivity contribution in [1.82, 2.24) is 0 Å². The van der Waals surface area contributed by atoms with Crippen LogP contribution in [0.1, 0.15) is 43.1 Å². The SMILES string of the molecule is COC(=O)c1ccc(C(c2ccc(C(=O)OC)cc2)P(OS(=O)(=O)c2ccc(C)cc2)c2ccccc2)cc1. The first-order valence-corrected chi connectivity index (χ1v) is 14.7. The Hall–Kier alpha value is -3.84. The zero-order valence-electron chi connectivity index (χ0n) is 21.6. The first-order chi connectivity index (χ1) is 18.7. The van der Waals surface area contributed by atoms with Crippen LogP contribution in [0.2, 0.25) is 0 Å². The van der Waals surface area contributed by atoms with E-state index in [-0.39, 0.29) is 4.90 Å². The van der Waals surface area contributed by atoms with Crippen LogP contribution in [0, 0.1) is 6.92 Å². The van der Waals surface area contributed by atoms with Crippen molar-refractivity contribution in [1.29, 1.82) is 0 Å². The minimum Gasteiger partial charge on any atom is -0.465 e. The fourth-order valence-electron chi connectivity index (χ4n) is 3.97. The fraction of sp³-hybridized carbons (Fsp3) is 0.133. The molecule has 0 aliphatic heterocycles. The van der Waals surface area contributed by atoms with Gasteiger partial charge in [0.05, 0.1) is 44.0 Å². The summed E-state index contributed by atoms with van der Waals surface area (Å²) >= 11 is 0. The van der Waals surface area contributed by atoms with Gasteiger partial charge in [0.1, 0.15) is 0 Å². The summed E-state index contributed by atoms with van der Waals surface area (Å²) in [6, 6.07) is 29.2. The van der Waals surface area contributed by atoms with Crippen LogP contribution < -0.4 is 5.30 Å². The van der Waals surface area contributed by atoms with Crippen molar-refractivity contribution in [3.05, 3.63) is 131 Å². The predicted octanol–water partition coefficient (Wildman–Crippen LogP) is 5.79. The first kappa shape index (κ1) is 28.2. The summed E-state index contributed by atoms with van der Waals surface area (Å²) in [5.41, 5.74) is 2.52. The maximum absolute atomic E-state index is 13.5. The molecule has 1 unspecified atom stereocenters. The normalized spacial score (nSPS) is 12.1. The minimum atomic E-state index is -4.16. The molecule has 4 aromatic rings. The Labute approximate surface area is 229 Å². The smallest absolute Gasteiger partial charge is 0.337 e. The molecule has 0 radical (unpaired) electrons. The van der Waals surface area contributed by atoms with E-state index < -0.39 is 35.9 Å². The van der Waals surface area contributed by atoms with E-state index in [0.29, 0.717) is 16.4 Å². The molecule has 0 heterocycles. The van der Waals surface area contributed by atoms with Crippen molar-refractivity contribution in [3.63, 3.8) is 0 Å². The van der Waals surface area contributed by atoms with Crippen molar-refractivity contribution in [3.8, 4) is 0 Å². The van der Waals surface area contributed by atoms with Crippen molar-refractivity contribution >= 4 is 35.5 Å². The number of methoxy groups -OCH3 is 2. The second-order valence-corrected chi connectivity index (χ2v) is 12.3. The number of esters is 2. The van der Waals surface area contributed by atoms with Gasteiger partial charge in [-0.3, -0.25) is 0 Å². The Morgan fingerprint density at radius 1 is 0.667 bits per heavy atom. The number of benzene rings is 4. The number of aryl methyl sites for hydroxylation is 1. The summed E-state index contributed by atoms with van der Waals surface area (Å²) in [5.74, 6) is -0.965. The molecule has 7 nitrogen and oxygen atoms in total. The maximum atomic E-state index is 13.5. The van der Waals surface area contributed by atoms with Gasteiger partial charge in [-0.1, -0.05) is 72.3 Å². The van der Waals surface area contributed by atoms with Crippen molar-refractivity contribution < 1.29 is 31.5 Å². The van der Waals surface area contributed by atoms with Gasteiger partial charge in [0.2, 0.25) is 0 Å². The van der Waals surface area contributed by atoms with Crippen molar-refractivity contribution in [2.24, 2.45) is 0 Å². The molecule has 0 amide bonds. The lowest BCUT2D eigenvalue weighted by Gasteiger charge is -2.28. The van der Waals surface area contributed by atoms with Gasteiger partial charge < -0.3 is 9.47 Å². The Morgan fingerprint density at radius 2 is 1.13 bits per heavy atom. The highest BCUT2D eigenvalue weighted by Gasteiger charge is 2.33. The average Bonchev–Trinajstić information content (AvgIpc) is 2.97. The molecule has 0 saturated carbocycles. The van der Waals surface area contributed by atoms with Crippen molar-refractivity contribution in [2.45, 2.75) is 17.5 Å². The summed E-state index contributed by atoms with van der Waals surface area (Å²) in [4.78, 5) is 24.2. The Bertz CT molecular complexity index is 1470. The van der Waals surface area contributed by atoms with Gasteiger partial charge in [-0.05, 0) is 54.4 Å². The minimum absolute atomic E-state index is 0.0531. The third-order valence-electron chi connectivity index (χ3n) is 6.03. The van der Waals surface area contributed by atoms with Gasteiger partial charge in [-0.25, -0.2) is 13.6 Å². The molecule has 39 heavy (non-hydrogen) atoms. The topological polar surface area (TPSA) is 96.0 Å². The van der Waals surface area contributed by atoms with Gasteiger partial charge in [0.15, 0.2) is 0 Å². The lowest BCUT2D eigenvalue weighted by atomic mass is 10.0. The molecule has 9 heteroatoms. The van der Waals surface area contributed by atoms with Gasteiger partial charge in [-0.2, -0.15) is 8.42 Å². The number of carbonyl (C=O) groups excluding carboxylic acids is 2. The summed E-state index contributed by atoms with van der Waals surface area (Å²) in [7, 11) is -3.41. The van der Waals surface area contributed by atoms with Gasteiger partial charge >= 0.3 is 11.9 Å². The molecule has 0 bridgehead atoms. The zero-order chi connectivity index (χ0) is 28.0. The van der Waals surface area contributed by atoms with Gasteiger partial charge in [0.25, 0.3) is 10.1 Å². The molecule has 0 N–H and O–H groups in total. The van der Waals surface area contributed by atoms with E-state index in [2.05, 4.69) is 0 Å². The molecule has 0 aliphatic carbocycles. The van der Waals surface area contributed by atoms with E-state index in [1.165, 1.54) is 26.4 Å². The molecule has 0 aliphatic rings. The third kappa shape index (κ3) is 6.60. The maximum Gasteiger partial charge on any atom is 0.337 e. The van der Waals surface area contributed by atoms with Crippen LogP contribution in [0.5, 0.6) is 0 Å². The number of hydrogen-bond donors (Lipinski definition) is 0. The monoisotopic (exact) mass is 562 g/mol. The summed E-state index contributed by atoms with van der Waals surface area (Å²) in [6.07, 6.45) is 0. The largest absolute Gasteiger partial charge is 0.465 e. The van der Waals surface area contributed by atoms with Crippen LogP contribution in [0.15, 0.2) is 108 Å². The van der Waals surface area contributed by atoms with Gasteiger partial charge in [0, 0.05) is 5.30 Å². The van der Waals surface area contributed by atoms with E-state index in [4.69, 9.17) is 13.4 Å². The Balaban J connectivity index is 1.86. The van der Waals surface area contributed by atoms with Crippen LogP contribution >= 0.6 is 8.15 Å². The Morgan fingerprint density at radius 3 is 1.56 bits per heavy atom. The first-order valence-electron chi connectivity index (χ1n) is 12.0. The zero-order valence-corrected chi connectivity index (χ0v) is 23.3. The van der Waals surface area contributed by atoms with E-state index in [0.717, 1.165) is 16.7 Å². The highest BCUT2D eigenvalue weighted by molar-refractivity contribution is 7.92. The number of ether oxygens (including phenoxy) is 2. The van der Waals surface area contributed by atoms with Gasteiger partial charge in [-0.15, -0.1) is 0 Å². The van der Waals surface area contributed by atoms with E-state index in [1.807, 2.05) is 37.3 Å². The van der Waals surface area contributed by atoms with E-state index >= 15 is 0 Å². The van der Waals surface area contributed by atoms with Crippen molar-refractivity contribution in [2.75, 3.05) is 14.2 Å². The number of carbonyl (C=O) groups is 2. The molecular formula is C30H27O7PS. The quantitative estimate of drug-likeness (QED) is 0.188. The van der Waals surface area contributed by atoms with Crippen LogP contribution in [-0.4, -0.2) is 34.6 Å². The standard InChI is InChI=1S/C30H27O7PS/c1-21-9-19-27(20-10-21)39(33,34)37-38(26-7-5-4-6-8-26)28(22-11-15-24(16-12-22)29(31)35-2)23-13-17-25(18-14-23)30(32)36-3/h4-20,28H,1-3H3. The predicted molar refractivity (Wildman–Crippen MR) is 150 cm³/mol.